The summed E-state index contributed by atoms with van der Waals surface area (Å²) < 4.78 is 0.727. The Morgan fingerprint density at radius 3 is 2.25 bits per heavy atom. The number of hydrogen-bond acceptors (Lipinski definition) is 3. The van der Waals surface area contributed by atoms with Crippen molar-refractivity contribution >= 4 is 39.3 Å². The molecule has 0 bridgehead atoms. The number of imide groups is 1. The molecule has 1 fully saturated rings. The second-order valence-corrected chi connectivity index (χ2v) is 6.36. The first-order valence-corrected chi connectivity index (χ1v) is 8.32. The van der Waals surface area contributed by atoms with Crippen LogP contribution < -0.4 is 5.32 Å². The van der Waals surface area contributed by atoms with Gasteiger partial charge in [0.2, 0.25) is 11.8 Å². The van der Waals surface area contributed by atoms with E-state index in [9.17, 15) is 14.4 Å². The number of nitrogens with one attached hydrogen (secondary N) is 1. The highest BCUT2D eigenvalue weighted by molar-refractivity contribution is 9.10. The number of anilines is 1. The summed E-state index contributed by atoms with van der Waals surface area (Å²) in [6, 6.07) is 14.3. The molecular formula is C18H15BrN2O3. The molecule has 1 aliphatic heterocycles. The molecule has 1 heterocycles. The number of benzene rings is 2. The summed E-state index contributed by atoms with van der Waals surface area (Å²) in [5, 5.41) is 2.82. The van der Waals surface area contributed by atoms with E-state index >= 15 is 0 Å². The van der Waals surface area contributed by atoms with Crippen molar-refractivity contribution in [1.29, 1.82) is 0 Å². The highest BCUT2D eigenvalue weighted by Gasteiger charge is 2.28. The van der Waals surface area contributed by atoms with Crippen molar-refractivity contribution in [3.63, 3.8) is 0 Å². The van der Waals surface area contributed by atoms with E-state index < -0.39 is 0 Å². The Morgan fingerprint density at radius 2 is 1.62 bits per heavy atom. The number of likely N-dealkylation sites (tertiary alicyclic amines) is 1. The molecule has 1 N–H and O–H groups in total. The predicted octanol–water partition coefficient (Wildman–Crippen LogP) is 3.35. The third kappa shape index (κ3) is 3.54. The predicted molar refractivity (Wildman–Crippen MR) is 93.3 cm³/mol. The van der Waals surface area contributed by atoms with Gasteiger partial charge in [-0.1, -0.05) is 24.3 Å². The van der Waals surface area contributed by atoms with Gasteiger partial charge < -0.3 is 5.32 Å². The van der Waals surface area contributed by atoms with E-state index in [1.165, 1.54) is 4.90 Å². The van der Waals surface area contributed by atoms with Crippen molar-refractivity contribution < 1.29 is 14.4 Å². The van der Waals surface area contributed by atoms with E-state index in [1.54, 1.807) is 36.4 Å². The van der Waals surface area contributed by atoms with Crippen LogP contribution in [0.5, 0.6) is 0 Å². The van der Waals surface area contributed by atoms with Gasteiger partial charge in [-0.05, 0) is 45.8 Å². The Kier molecular flexibility index (Phi) is 4.76. The van der Waals surface area contributed by atoms with Crippen LogP contribution in [0.4, 0.5) is 5.69 Å². The lowest BCUT2D eigenvalue weighted by atomic mass is 10.1. The Bertz CT molecular complexity index is 786. The van der Waals surface area contributed by atoms with E-state index in [0.29, 0.717) is 24.1 Å². The molecule has 122 valence electrons. The normalized spacial score (nSPS) is 14.1. The van der Waals surface area contributed by atoms with Gasteiger partial charge in [0.1, 0.15) is 0 Å². The number of nitrogens with zero attached hydrogens (tertiary/aromatic N) is 1. The molecule has 1 aliphatic rings. The summed E-state index contributed by atoms with van der Waals surface area (Å²) in [6.45, 7) is 0.274. The van der Waals surface area contributed by atoms with Crippen molar-refractivity contribution in [3.8, 4) is 0 Å². The molecule has 0 radical (unpaired) electrons. The van der Waals surface area contributed by atoms with Gasteiger partial charge in [0.15, 0.2) is 0 Å². The fourth-order valence-electron chi connectivity index (χ4n) is 2.52. The van der Waals surface area contributed by atoms with Crippen molar-refractivity contribution in [2.45, 2.75) is 19.4 Å². The lowest BCUT2D eigenvalue weighted by Crippen LogP contribution is -2.28. The van der Waals surface area contributed by atoms with Crippen LogP contribution >= 0.6 is 15.9 Å². The zero-order valence-electron chi connectivity index (χ0n) is 12.8. The molecule has 5 nitrogen and oxygen atoms in total. The van der Waals surface area contributed by atoms with E-state index in [-0.39, 0.29) is 24.3 Å². The Morgan fingerprint density at radius 1 is 1.00 bits per heavy atom. The smallest absolute Gasteiger partial charge is 0.256 e. The number of carbonyl (C=O) groups excluding carboxylic acids is 3. The minimum Gasteiger partial charge on any atom is -0.322 e. The summed E-state index contributed by atoms with van der Waals surface area (Å²) in [5.41, 5.74) is 2.05. The van der Waals surface area contributed by atoms with Gasteiger partial charge in [0.25, 0.3) is 5.91 Å². The maximum Gasteiger partial charge on any atom is 0.256 e. The summed E-state index contributed by atoms with van der Waals surface area (Å²) in [7, 11) is 0. The minimum absolute atomic E-state index is 0.133. The molecule has 1 saturated heterocycles. The molecule has 0 unspecified atom stereocenters. The average Bonchev–Trinajstić information content (AvgIpc) is 2.89. The van der Waals surface area contributed by atoms with E-state index in [2.05, 4.69) is 21.2 Å². The van der Waals surface area contributed by atoms with Gasteiger partial charge >= 0.3 is 0 Å². The molecule has 0 saturated carbocycles. The Hall–Kier alpha value is -2.47. The molecule has 0 aliphatic carbocycles. The molecule has 24 heavy (non-hydrogen) atoms. The maximum atomic E-state index is 12.2. The molecule has 0 spiro atoms. The highest BCUT2D eigenvalue weighted by atomic mass is 79.9. The molecular weight excluding hydrogens is 372 g/mol. The molecule has 0 atom stereocenters. The van der Waals surface area contributed by atoms with Crippen LogP contribution in [0.3, 0.4) is 0 Å². The summed E-state index contributed by atoms with van der Waals surface area (Å²) in [5.74, 6) is -0.474. The van der Waals surface area contributed by atoms with Crippen molar-refractivity contribution in [2.24, 2.45) is 0 Å². The van der Waals surface area contributed by atoms with Gasteiger partial charge in [-0.25, -0.2) is 0 Å². The van der Waals surface area contributed by atoms with Crippen molar-refractivity contribution in [1.82, 2.24) is 4.90 Å². The van der Waals surface area contributed by atoms with Crippen molar-refractivity contribution in [2.75, 3.05) is 5.32 Å². The number of hydrogen-bond donors (Lipinski definition) is 1. The second-order valence-electron chi connectivity index (χ2n) is 5.50. The molecule has 2 aromatic carbocycles. The quantitative estimate of drug-likeness (QED) is 0.819. The average molecular weight is 387 g/mol. The van der Waals surface area contributed by atoms with Crippen LogP contribution in [0.25, 0.3) is 0 Å². The van der Waals surface area contributed by atoms with Gasteiger partial charge in [0.05, 0.1) is 12.1 Å². The second kappa shape index (κ2) is 6.97. The highest BCUT2D eigenvalue weighted by Crippen LogP contribution is 2.20. The number of halogens is 1. The van der Waals surface area contributed by atoms with Crippen LogP contribution in [0.15, 0.2) is 53.0 Å². The number of carbonyl (C=O) groups is 3. The maximum absolute atomic E-state index is 12.2. The van der Waals surface area contributed by atoms with Gasteiger partial charge in [-0.2, -0.15) is 0 Å². The summed E-state index contributed by atoms with van der Waals surface area (Å²) in [4.78, 5) is 36.8. The number of rotatable bonds is 4. The van der Waals surface area contributed by atoms with E-state index in [0.717, 1.165) is 10.0 Å². The first kappa shape index (κ1) is 16.4. The number of amides is 3. The largest absolute Gasteiger partial charge is 0.322 e. The zero-order valence-corrected chi connectivity index (χ0v) is 14.4. The fourth-order valence-corrected chi connectivity index (χ4v) is 2.98. The molecule has 3 amide bonds. The van der Waals surface area contributed by atoms with Crippen LogP contribution in [-0.4, -0.2) is 22.6 Å². The van der Waals surface area contributed by atoms with Gasteiger partial charge in [0, 0.05) is 23.0 Å². The third-order valence-corrected chi connectivity index (χ3v) is 4.52. The first-order valence-electron chi connectivity index (χ1n) is 7.52. The van der Waals surface area contributed by atoms with Gasteiger partial charge in [-0.15, -0.1) is 0 Å². The van der Waals surface area contributed by atoms with E-state index in [1.807, 2.05) is 12.1 Å². The topological polar surface area (TPSA) is 66.5 Å². The zero-order chi connectivity index (χ0) is 17.1. The minimum atomic E-state index is -0.208. The summed E-state index contributed by atoms with van der Waals surface area (Å²) >= 11 is 3.35. The standard InChI is InChI=1S/C18H15BrN2O3/c19-15-4-2-1-3-14(15)18(24)20-13-7-5-12(6-8-13)11-21-16(22)9-10-17(21)23/h1-8H,9-11H2,(H,20,24). The molecule has 6 heteroatoms. The molecule has 3 rings (SSSR count). The first-order chi connectivity index (χ1) is 11.5. The third-order valence-electron chi connectivity index (χ3n) is 3.83. The molecule has 0 aromatic heterocycles. The van der Waals surface area contributed by atoms with Crippen LogP contribution in [0, 0.1) is 0 Å². The fraction of sp³-hybridized carbons (Fsp3) is 0.167. The SMILES string of the molecule is O=C(Nc1ccc(CN2C(=O)CCC2=O)cc1)c1ccccc1Br. The van der Waals surface area contributed by atoms with Crippen LogP contribution in [-0.2, 0) is 16.1 Å². The monoisotopic (exact) mass is 386 g/mol. The summed E-state index contributed by atoms with van der Waals surface area (Å²) in [6.07, 6.45) is 0.581. The van der Waals surface area contributed by atoms with Crippen LogP contribution in [0.1, 0.15) is 28.8 Å². The molecule has 2 aromatic rings. The lowest BCUT2D eigenvalue weighted by molar-refractivity contribution is -0.139. The van der Waals surface area contributed by atoms with Crippen LogP contribution in [0.2, 0.25) is 0 Å². The Labute approximate surface area is 147 Å². The lowest BCUT2D eigenvalue weighted by Gasteiger charge is -2.14. The Balaban J connectivity index is 1.67. The van der Waals surface area contributed by atoms with Gasteiger partial charge in [-0.3, -0.25) is 19.3 Å². The van der Waals surface area contributed by atoms with Crippen molar-refractivity contribution in [3.05, 3.63) is 64.1 Å². The van der Waals surface area contributed by atoms with E-state index in [4.69, 9.17) is 0 Å².